The van der Waals surface area contributed by atoms with Gasteiger partial charge < -0.3 is 14.2 Å². The summed E-state index contributed by atoms with van der Waals surface area (Å²) < 4.78 is 16.3. The van der Waals surface area contributed by atoms with Crippen LogP contribution in [0.3, 0.4) is 0 Å². The van der Waals surface area contributed by atoms with E-state index in [2.05, 4.69) is 15.5 Å². The van der Waals surface area contributed by atoms with E-state index >= 15 is 0 Å². The highest BCUT2D eigenvalue weighted by Crippen LogP contribution is 2.32. The molecule has 7 nitrogen and oxygen atoms in total. The molecule has 3 aromatic rings. The van der Waals surface area contributed by atoms with Crippen LogP contribution in [0, 0.1) is 6.92 Å². The summed E-state index contributed by atoms with van der Waals surface area (Å²) in [5.41, 5.74) is 1.62. The molecule has 8 heteroatoms. The molecular formula is C19H17N3O4S. The number of aromatic nitrogens is 2. The van der Waals surface area contributed by atoms with E-state index in [0.717, 1.165) is 16.3 Å². The van der Waals surface area contributed by atoms with Crippen molar-refractivity contribution in [3.8, 4) is 17.2 Å². The van der Waals surface area contributed by atoms with E-state index in [1.807, 2.05) is 31.2 Å². The molecule has 0 unspecified atom stereocenters. The third-order valence-electron chi connectivity index (χ3n) is 3.90. The number of benzene rings is 2. The summed E-state index contributed by atoms with van der Waals surface area (Å²) >= 11 is 1.33. The molecule has 0 fully saturated rings. The Balaban J connectivity index is 1.32. The monoisotopic (exact) mass is 383 g/mol. The minimum absolute atomic E-state index is 0.171. The van der Waals surface area contributed by atoms with Crippen LogP contribution in [0.4, 0.5) is 5.13 Å². The molecule has 0 atom stereocenters. The summed E-state index contributed by atoms with van der Waals surface area (Å²) in [7, 11) is 0. The van der Waals surface area contributed by atoms with Gasteiger partial charge in [0.05, 0.1) is 6.61 Å². The molecule has 0 saturated heterocycles. The molecular weight excluding hydrogens is 366 g/mol. The van der Waals surface area contributed by atoms with E-state index < -0.39 is 0 Å². The number of fused-ring (bicyclic) bond motifs is 1. The zero-order chi connectivity index (χ0) is 18.6. The maximum Gasteiger partial charge on any atom is 0.257 e. The molecule has 1 amide bonds. The van der Waals surface area contributed by atoms with E-state index in [4.69, 9.17) is 14.2 Å². The zero-order valence-corrected chi connectivity index (χ0v) is 15.4. The molecule has 1 aliphatic heterocycles. The number of hydrogen-bond acceptors (Lipinski definition) is 7. The molecule has 1 aromatic heterocycles. The average molecular weight is 383 g/mol. The molecule has 2 heterocycles. The number of aryl methyl sites for hydroxylation is 1. The predicted octanol–water partition coefficient (Wildman–Crippen LogP) is 3.45. The number of nitrogens with one attached hydrogen (secondary N) is 1. The molecule has 4 rings (SSSR count). The second kappa shape index (κ2) is 7.63. The van der Waals surface area contributed by atoms with Gasteiger partial charge in [-0.15, -0.1) is 10.2 Å². The summed E-state index contributed by atoms with van der Waals surface area (Å²) in [5, 5.41) is 12.1. The lowest BCUT2D eigenvalue weighted by Crippen LogP contribution is -2.11. The van der Waals surface area contributed by atoms with Gasteiger partial charge in [0.1, 0.15) is 10.8 Å². The number of carbonyl (C=O) groups is 1. The number of anilines is 1. The van der Waals surface area contributed by atoms with Gasteiger partial charge in [0.15, 0.2) is 11.5 Å². The molecule has 2 aromatic carbocycles. The summed E-state index contributed by atoms with van der Waals surface area (Å²) in [6, 6.07) is 12.9. The van der Waals surface area contributed by atoms with Crippen molar-refractivity contribution in [2.75, 3.05) is 18.7 Å². The Morgan fingerprint density at radius 2 is 2.07 bits per heavy atom. The van der Waals surface area contributed by atoms with Crippen molar-refractivity contribution in [2.45, 2.75) is 13.3 Å². The number of hydrogen-bond donors (Lipinski definition) is 1. The predicted molar refractivity (Wildman–Crippen MR) is 101 cm³/mol. The van der Waals surface area contributed by atoms with Gasteiger partial charge in [0, 0.05) is 12.0 Å². The third kappa shape index (κ3) is 4.17. The highest BCUT2D eigenvalue weighted by molar-refractivity contribution is 7.15. The molecule has 0 spiro atoms. The fourth-order valence-electron chi connectivity index (χ4n) is 2.57. The van der Waals surface area contributed by atoms with Gasteiger partial charge in [-0.3, -0.25) is 10.1 Å². The lowest BCUT2D eigenvalue weighted by Gasteiger charge is -2.05. The number of ether oxygens (including phenoxy) is 3. The van der Waals surface area contributed by atoms with E-state index in [0.29, 0.717) is 35.2 Å². The van der Waals surface area contributed by atoms with Crippen molar-refractivity contribution in [3.63, 3.8) is 0 Å². The first kappa shape index (κ1) is 17.3. The van der Waals surface area contributed by atoms with Gasteiger partial charge in [-0.25, -0.2) is 0 Å². The second-order valence-corrected chi connectivity index (χ2v) is 7.00. The highest BCUT2D eigenvalue weighted by Gasteiger charge is 2.17. The minimum atomic E-state index is -0.271. The maximum absolute atomic E-state index is 12.4. The molecule has 0 aliphatic carbocycles. The van der Waals surface area contributed by atoms with Gasteiger partial charge in [-0.05, 0) is 42.8 Å². The quantitative estimate of drug-likeness (QED) is 0.702. The van der Waals surface area contributed by atoms with Crippen LogP contribution in [0.2, 0.25) is 0 Å². The Labute approximate surface area is 159 Å². The lowest BCUT2D eigenvalue weighted by molar-refractivity contribution is 0.102. The van der Waals surface area contributed by atoms with Crippen LogP contribution in [-0.2, 0) is 6.42 Å². The average Bonchev–Trinajstić information content (AvgIpc) is 3.30. The van der Waals surface area contributed by atoms with Gasteiger partial charge >= 0.3 is 0 Å². The first-order valence-electron chi connectivity index (χ1n) is 8.40. The summed E-state index contributed by atoms with van der Waals surface area (Å²) in [4.78, 5) is 12.4. The van der Waals surface area contributed by atoms with E-state index in [1.165, 1.54) is 11.3 Å². The normalized spacial score (nSPS) is 12.0. The zero-order valence-electron chi connectivity index (χ0n) is 14.6. The maximum atomic E-state index is 12.4. The number of rotatable bonds is 6. The Kier molecular flexibility index (Phi) is 4.88. The van der Waals surface area contributed by atoms with Crippen LogP contribution in [0.25, 0.3) is 0 Å². The van der Waals surface area contributed by atoms with Crippen molar-refractivity contribution in [3.05, 3.63) is 58.6 Å². The van der Waals surface area contributed by atoms with Crippen LogP contribution in [-0.4, -0.2) is 29.5 Å². The van der Waals surface area contributed by atoms with Gasteiger partial charge in [0.25, 0.3) is 5.91 Å². The van der Waals surface area contributed by atoms with Gasteiger partial charge in [-0.1, -0.05) is 23.5 Å². The second-order valence-electron chi connectivity index (χ2n) is 5.94. The number of carbonyl (C=O) groups excluding carboxylic acids is 1. The fourth-order valence-corrected chi connectivity index (χ4v) is 3.29. The van der Waals surface area contributed by atoms with Crippen molar-refractivity contribution >= 4 is 22.4 Å². The summed E-state index contributed by atoms with van der Waals surface area (Å²) in [5.74, 6) is 1.76. The van der Waals surface area contributed by atoms with Crippen molar-refractivity contribution < 1.29 is 19.0 Å². The molecule has 1 N–H and O–H groups in total. The fraction of sp³-hybridized carbons (Fsp3) is 0.211. The van der Waals surface area contributed by atoms with E-state index in [-0.39, 0.29) is 12.7 Å². The molecule has 0 bridgehead atoms. The van der Waals surface area contributed by atoms with Crippen molar-refractivity contribution in [2.24, 2.45) is 0 Å². The van der Waals surface area contributed by atoms with Gasteiger partial charge in [-0.2, -0.15) is 0 Å². The van der Waals surface area contributed by atoms with Gasteiger partial charge in [0.2, 0.25) is 11.9 Å². The largest absolute Gasteiger partial charge is 0.493 e. The van der Waals surface area contributed by atoms with Crippen LogP contribution >= 0.6 is 11.3 Å². The number of nitrogens with zero attached hydrogens (tertiary/aromatic N) is 2. The van der Waals surface area contributed by atoms with Crippen LogP contribution in [0.15, 0.2) is 42.5 Å². The third-order valence-corrected chi connectivity index (χ3v) is 4.79. The van der Waals surface area contributed by atoms with Crippen molar-refractivity contribution in [1.29, 1.82) is 0 Å². The first-order chi connectivity index (χ1) is 13.2. The Hall–Kier alpha value is -3.13. The highest BCUT2D eigenvalue weighted by atomic mass is 32.1. The Morgan fingerprint density at radius 3 is 2.96 bits per heavy atom. The smallest absolute Gasteiger partial charge is 0.257 e. The van der Waals surface area contributed by atoms with E-state index in [1.54, 1.807) is 18.2 Å². The number of amides is 1. The summed E-state index contributed by atoms with van der Waals surface area (Å²) in [6.45, 7) is 2.69. The summed E-state index contributed by atoms with van der Waals surface area (Å²) in [6.07, 6.45) is 0.617. The molecule has 0 saturated carbocycles. The topological polar surface area (TPSA) is 82.6 Å². The lowest BCUT2D eigenvalue weighted by atomic mass is 10.2. The molecule has 27 heavy (non-hydrogen) atoms. The standard InChI is InChI=1S/C19H17N3O4S/c1-12-3-2-4-14(9-12)24-8-7-17-21-22-19(27-17)20-18(23)13-5-6-15-16(10-13)26-11-25-15/h2-6,9-10H,7-8,11H2,1H3,(H,20,22,23). The Morgan fingerprint density at radius 1 is 1.19 bits per heavy atom. The molecule has 1 aliphatic rings. The molecule has 138 valence electrons. The van der Waals surface area contributed by atoms with Crippen LogP contribution in [0.1, 0.15) is 20.9 Å². The SMILES string of the molecule is Cc1cccc(OCCc2nnc(NC(=O)c3ccc4c(c3)OCO4)s2)c1. The van der Waals surface area contributed by atoms with E-state index in [9.17, 15) is 4.79 Å². The molecule has 0 radical (unpaired) electrons. The van der Waals surface area contributed by atoms with Crippen LogP contribution < -0.4 is 19.5 Å². The van der Waals surface area contributed by atoms with Crippen molar-refractivity contribution in [1.82, 2.24) is 10.2 Å². The van der Waals surface area contributed by atoms with Crippen LogP contribution in [0.5, 0.6) is 17.2 Å². The first-order valence-corrected chi connectivity index (χ1v) is 9.22. The minimum Gasteiger partial charge on any atom is -0.493 e. The Bertz CT molecular complexity index is 973.